The highest BCUT2D eigenvalue weighted by Crippen LogP contribution is 2.29. The van der Waals surface area contributed by atoms with Crippen LogP contribution >= 0.6 is 27.3 Å². The van der Waals surface area contributed by atoms with Gasteiger partial charge in [-0.05, 0) is 45.4 Å². The van der Waals surface area contributed by atoms with Crippen molar-refractivity contribution in [1.29, 1.82) is 0 Å². The molecule has 1 atom stereocenters. The second-order valence-corrected chi connectivity index (χ2v) is 5.51. The third-order valence-electron chi connectivity index (χ3n) is 2.78. The normalized spacial score (nSPS) is 12.8. The Bertz CT molecular complexity index is 483. The number of thiophene rings is 1. The number of hydrogen-bond acceptors (Lipinski definition) is 4. The zero-order valence-electron chi connectivity index (χ0n) is 10.4. The molecule has 2 rings (SSSR count). The van der Waals surface area contributed by atoms with E-state index in [9.17, 15) is 0 Å². The van der Waals surface area contributed by atoms with Gasteiger partial charge >= 0.3 is 0 Å². The number of aromatic nitrogens is 2. The Morgan fingerprint density at radius 1 is 1.61 bits per heavy atom. The third kappa shape index (κ3) is 2.83. The lowest BCUT2D eigenvalue weighted by molar-refractivity contribution is 0.182. The minimum atomic E-state index is 0.144. The fourth-order valence-electron chi connectivity index (χ4n) is 1.92. The van der Waals surface area contributed by atoms with Crippen molar-refractivity contribution in [2.45, 2.75) is 12.6 Å². The van der Waals surface area contributed by atoms with Crippen LogP contribution in [0.5, 0.6) is 0 Å². The Kier molecular flexibility index (Phi) is 4.94. The fourth-order valence-corrected chi connectivity index (χ4v) is 3.13. The molecule has 2 heterocycles. The Morgan fingerprint density at radius 3 is 3.06 bits per heavy atom. The highest BCUT2D eigenvalue weighted by atomic mass is 79.9. The molecule has 0 aliphatic rings. The van der Waals surface area contributed by atoms with Crippen LogP contribution in [-0.2, 0) is 11.3 Å². The molecule has 0 saturated heterocycles. The van der Waals surface area contributed by atoms with Crippen molar-refractivity contribution in [2.24, 2.45) is 0 Å². The number of rotatable bonds is 6. The van der Waals surface area contributed by atoms with Crippen molar-refractivity contribution < 1.29 is 4.74 Å². The van der Waals surface area contributed by atoms with Crippen molar-refractivity contribution in [3.8, 4) is 0 Å². The smallest absolute Gasteiger partial charge is 0.0765 e. The van der Waals surface area contributed by atoms with E-state index >= 15 is 0 Å². The van der Waals surface area contributed by atoms with Crippen LogP contribution in [0.3, 0.4) is 0 Å². The monoisotopic (exact) mass is 329 g/mol. The van der Waals surface area contributed by atoms with Gasteiger partial charge in [0.05, 0.1) is 35.6 Å². The van der Waals surface area contributed by atoms with Crippen molar-refractivity contribution in [3.05, 3.63) is 38.8 Å². The van der Waals surface area contributed by atoms with Gasteiger partial charge in [0, 0.05) is 7.11 Å². The van der Waals surface area contributed by atoms with E-state index in [1.807, 2.05) is 17.9 Å². The maximum Gasteiger partial charge on any atom is 0.0765 e. The van der Waals surface area contributed by atoms with Gasteiger partial charge in [0.2, 0.25) is 0 Å². The summed E-state index contributed by atoms with van der Waals surface area (Å²) in [5, 5.41) is 12.0. The van der Waals surface area contributed by atoms with E-state index in [2.05, 4.69) is 43.2 Å². The average molecular weight is 330 g/mol. The van der Waals surface area contributed by atoms with Crippen LogP contribution in [0, 0.1) is 0 Å². The van der Waals surface area contributed by atoms with Crippen molar-refractivity contribution >= 4 is 27.3 Å². The maximum absolute atomic E-state index is 5.12. The summed E-state index contributed by atoms with van der Waals surface area (Å²) in [5.41, 5.74) is 2.38. The SMILES string of the molecule is CNC(c1ccsc1)c1c(Br)cnn1CCOC. The Morgan fingerprint density at radius 2 is 2.44 bits per heavy atom. The van der Waals surface area contributed by atoms with Gasteiger partial charge in [-0.3, -0.25) is 4.68 Å². The minimum Gasteiger partial charge on any atom is -0.383 e. The molecule has 0 bridgehead atoms. The average Bonchev–Trinajstić information content (AvgIpc) is 3.00. The standard InChI is InChI=1S/C12H16BrN3OS/c1-14-11(9-3-6-18-8-9)12-10(13)7-15-16(12)4-5-17-2/h3,6-8,11,14H,4-5H2,1-2H3. The van der Waals surface area contributed by atoms with Crippen LogP contribution in [0.15, 0.2) is 27.5 Å². The lowest BCUT2D eigenvalue weighted by Crippen LogP contribution is -2.22. The summed E-state index contributed by atoms with van der Waals surface area (Å²) in [5.74, 6) is 0. The molecule has 98 valence electrons. The van der Waals surface area contributed by atoms with Gasteiger partial charge < -0.3 is 10.1 Å². The first-order valence-electron chi connectivity index (χ1n) is 5.67. The molecule has 1 unspecified atom stereocenters. The van der Waals surface area contributed by atoms with Crippen LogP contribution < -0.4 is 5.32 Å². The number of methoxy groups -OCH3 is 1. The molecule has 6 heteroatoms. The van der Waals surface area contributed by atoms with Gasteiger partial charge in [-0.25, -0.2) is 0 Å². The van der Waals surface area contributed by atoms with Gasteiger partial charge in [0.15, 0.2) is 0 Å². The van der Waals surface area contributed by atoms with Crippen LogP contribution in [-0.4, -0.2) is 30.5 Å². The van der Waals surface area contributed by atoms with Crippen LogP contribution in [0.1, 0.15) is 17.3 Å². The largest absolute Gasteiger partial charge is 0.383 e. The van der Waals surface area contributed by atoms with Gasteiger partial charge in [0.1, 0.15) is 0 Å². The minimum absolute atomic E-state index is 0.144. The summed E-state index contributed by atoms with van der Waals surface area (Å²) in [4.78, 5) is 0. The first-order valence-corrected chi connectivity index (χ1v) is 7.41. The molecule has 0 aromatic carbocycles. The number of nitrogens with zero attached hydrogens (tertiary/aromatic N) is 2. The van der Waals surface area contributed by atoms with E-state index < -0.39 is 0 Å². The van der Waals surface area contributed by atoms with Gasteiger partial charge in [-0.2, -0.15) is 16.4 Å². The zero-order chi connectivity index (χ0) is 13.0. The van der Waals surface area contributed by atoms with Crippen molar-refractivity contribution in [3.63, 3.8) is 0 Å². The molecular formula is C12H16BrN3OS. The molecule has 0 amide bonds. The molecule has 2 aromatic heterocycles. The van der Waals surface area contributed by atoms with E-state index in [1.165, 1.54) is 5.56 Å². The predicted octanol–water partition coefficient (Wildman–Crippen LogP) is 2.66. The number of halogens is 1. The number of nitrogens with one attached hydrogen (secondary N) is 1. The summed E-state index contributed by atoms with van der Waals surface area (Å²) in [7, 11) is 3.66. The summed E-state index contributed by atoms with van der Waals surface area (Å²) < 4.78 is 8.12. The predicted molar refractivity (Wildman–Crippen MR) is 77.0 cm³/mol. The molecule has 0 fully saturated rings. The molecule has 0 aliphatic carbocycles. The zero-order valence-corrected chi connectivity index (χ0v) is 12.8. The fraction of sp³-hybridized carbons (Fsp3) is 0.417. The molecule has 4 nitrogen and oxygen atoms in total. The number of hydrogen-bond donors (Lipinski definition) is 1. The van der Waals surface area contributed by atoms with Gasteiger partial charge in [-0.1, -0.05) is 0 Å². The summed E-state index contributed by atoms with van der Waals surface area (Å²) >= 11 is 5.28. The van der Waals surface area contributed by atoms with E-state index in [-0.39, 0.29) is 6.04 Å². The second-order valence-electron chi connectivity index (χ2n) is 3.87. The van der Waals surface area contributed by atoms with Crippen LogP contribution in [0.4, 0.5) is 0 Å². The molecule has 18 heavy (non-hydrogen) atoms. The van der Waals surface area contributed by atoms with E-state index in [0.29, 0.717) is 6.61 Å². The molecule has 0 radical (unpaired) electrons. The van der Waals surface area contributed by atoms with Gasteiger partial charge in [0.25, 0.3) is 0 Å². The molecule has 0 spiro atoms. The maximum atomic E-state index is 5.12. The van der Waals surface area contributed by atoms with Crippen molar-refractivity contribution in [2.75, 3.05) is 20.8 Å². The number of ether oxygens (including phenoxy) is 1. The quantitative estimate of drug-likeness (QED) is 0.885. The van der Waals surface area contributed by atoms with E-state index in [0.717, 1.165) is 16.7 Å². The molecule has 0 saturated carbocycles. The highest BCUT2D eigenvalue weighted by molar-refractivity contribution is 9.10. The molecular weight excluding hydrogens is 314 g/mol. The molecule has 2 aromatic rings. The highest BCUT2D eigenvalue weighted by Gasteiger charge is 2.20. The van der Waals surface area contributed by atoms with Crippen molar-refractivity contribution in [1.82, 2.24) is 15.1 Å². The summed E-state index contributed by atoms with van der Waals surface area (Å²) in [6, 6.07) is 2.27. The topological polar surface area (TPSA) is 39.1 Å². The Labute approximate surface area is 119 Å². The van der Waals surface area contributed by atoms with Crippen LogP contribution in [0.2, 0.25) is 0 Å². The lowest BCUT2D eigenvalue weighted by atomic mass is 10.1. The van der Waals surface area contributed by atoms with E-state index in [1.54, 1.807) is 18.4 Å². The van der Waals surface area contributed by atoms with Gasteiger partial charge in [-0.15, -0.1) is 0 Å². The Balaban J connectivity index is 2.32. The first-order chi connectivity index (χ1) is 8.77. The second kappa shape index (κ2) is 6.47. The molecule has 0 aliphatic heterocycles. The Hall–Kier alpha value is -0.690. The summed E-state index contributed by atoms with van der Waals surface area (Å²) in [6.45, 7) is 1.40. The summed E-state index contributed by atoms with van der Waals surface area (Å²) in [6.07, 6.45) is 1.84. The molecule has 1 N–H and O–H groups in total. The lowest BCUT2D eigenvalue weighted by Gasteiger charge is -2.18. The van der Waals surface area contributed by atoms with Crippen LogP contribution in [0.25, 0.3) is 0 Å². The van der Waals surface area contributed by atoms with E-state index in [4.69, 9.17) is 4.74 Å². The third-order valence-corrected chi connectivity index (χ3v) is 4.09. The first kappa shape index (κ1) is 13.7.